The number of hydrogen-bond donors (Lipinski definition) is 1. The number of benzene rings is 1. The molecule has 148 valence electrons. The molecule has 0 spiro atoms. The fraction of sp³-hybridized carbons (Fsp3) is 0.500. The van der Waals surface area contributed by atoms with Gasteiger partial charge < -0.3 is 15.4 Å². The van der Waals surface area contributed by atoms with E-state index in [1.54, 1.807) is 0 Å². The van der Waals surface area contributed by atoms with Crippen LogP contribution in [0.2, 0.25) is 0 Å². The van der Waals surface area contributed by atoms with Crippen molar-refractivity contribution in [1.82, 2.24) is 14.7 Å². The molecule has 27 heavy (non-hydrogen) atoms. The number of carbonyl (C=O) groups is 1. The number of nitrogens with zero attached hydrogens (tertiary/aromatic N) is 3. The largest absolute Gasteiger partial charge is 0.378 e. The second kappa shape index (κ2) is 9.88. The van der Waals surface area contributed by atoms with Crippen LogP contribution < -0.4 is 5.73 Å². The van der Waals surface area contributed by atoms with E-state index in [1.165, 1.54) is 0 Å². The molecule has 2 N–H and O–H groups in total. The fourth-order valence-electron chi connectivity index (χ4n) is 3.49. The zero-order valence-electron chi connectivity index (χ0n) is 16.1. The van der Waals surface area contributed by atoms with Gasteiger partial charge in [-0.1, -0.05) is 18.2 Å². The Bertz CT molecular complexity index is 740. The number of amides is 1. The molecule has 3 rings (SSSR count). The van der Waals surface area contributed by atoms with Crippen LogP contribution in [-0.2, 0) is 4.74 Å². The minimum absolute atomic E-state index is 0. The molecule has 0 saturated carbocycles. The summed E-state index contributed by atoms with van der Waals surface area (Å²) in [4.78, 5) is 15.0. The van der Waals surface area contributed by atoms with Crippen LogP contribution in [0.4, 0.5) is 0 Å². The van der Waals surface area contributed by atoms with Gasteiger partial charge in [0.2, 0.25) is 0 Å². The molecule has 0 atom stereocenters. The third kappa shape index (κ3) is 4.89. The van der Waals surface area contributed by atoms with Gasteiger partial charge in [0, 0.05) is 19.7 Å². The summed E-state index contributed by atoms with van der Waals surface area (Å²) in [6, 6.07) is 9.92. The number of aromatic nitrogens is 2. The van der Waals surface area contributed by atoms with Crippen molar-refractivity contribution >= 4 is 18.3 Å². The Hall–Kier alpha value is -1.89. The number of carbonyl (C=O) groups excluding carboxylic acids is 1. The average Bonchev–Trinajstić information content (AvgIpc) is 2.97. The molecule has 0 radical (unpaired) electrons. The molecule has 1 aromatic heterocycles. The van der Waals surface area contributed by atoms with E-state index in [4.69, 9.17) is 10.5 Å². The number of hydrogen-bond acceptors (Lipinski definition) is 4. The van der Waals surface area contributed by atoms with Crippen LogP contribution in [0.1, 0.15) is 41.0 Å². The van der Waals surface area contributed by atoms with Gasteiger partial charge in [0.1, 0.15) is 0 Å². The summed E-state index contributed by atoms with van der Waals surface area (Å²) in [5.74, 6) is 0.0718. The molecule has 0 unspecified atom stereocenters. The molecule has 0 bridgehead atoms. The minimum Gasteiger partial charge on any atom is -0.378 e. The van der Waals surface area contributed by atoms with Gasteiger partial charge in [-0.25, -0.2) is 4.68 Å². The van der Waals surface area contributed by atoms with Crippen LogP contribution in [0.5, 0.6) is 0 Å². The molecular weight excluding hydrogens is 364 g/mol. The quantitative estimate of drug-likeness (QED) is 0.767. The van der Waals surface area contributed by atoms with Crippen molar-refractivity contribution < 1.29 is 9.53 Å². The van der Waals surface area contributed by atoms with Crippen molar-refractivity contribution in [2.24, 2.45) is 5.73 Å². The van der Waals surface area contributed by atoms with Crippen LogP contribution in [0.15, 0.2) is 30.3 Å². The van der Waals surface area contributed by atoms with Gasteiger partial charge in [-0.05, 0) is 51.8 Å². The maximum atomic E-state index is 13.1. The van der Waals surface area contributed by atoms with E-state index in [9.17, 15) is 4.79 Å². The zero-order chi connectivity index (χ0) is 18.5. The molecule has 6 nitrogen and oxygen atoms in total. The summed E-state index contributed by atoms with van der Waals surface area (Å²) >= 11 is 0. The van der Waals surface area contributed by atoms with E-state index in [0.29, 0.717) is 13.2 Å². The second-order valence-electron chi connectivity index (χ2n) is 6.80. The van der Waals surface area contributed by atoms with Gasteiger partial charge >= 0.3 is 0 Å². The summed E-state index contributed by atoms with van der Waals surface area (Å²) in [6.45, 7) is 6.67. The molecule has 1 aromatic carbocycles. The van der Waals surface area contributed by atoms with E-state index < -0.39 is 0 Å². The minimum atomic E-state index is 0. The topological polar surface area (TPSA) is 73.4 Å². The van der Waals surface area contributed by atoms with Crippen LogP contribution in [0.3, 0.4) is 0 Å². The van der Waals surface area contributed by atoms with Crippen molar-refractivity contribution in [1.29, 1.82) is 0 Å². The highest BCUT2D eigenvalue weighted by Gasteiger charge is 2.28. The van der Waals surface area contributed by atoms with Gasteiger partial charge in [-0.3, -0.25) is 4.79 Å². The van der Waals surface area contributed by atoms with Gasteiger partial charge in [0.05, 0.1) is 28.7 Å². The number of ether oxygens (including phenoxy) is 1. The second-order valence-corrected chi connectivity index (χ2v) is 6.80. The lowest BCUT2D eigenvalue weighted by Gasteiger charge is -2.32. The Kier molecular flexibility index (Phi) is 7.83. The van der Waals surface area contributed by atoms with Crippen molar-refractivity contribution in [3.8, 4) is 5.69 Å². The summed E-state index contributed by atoms with van der Waals surface area (Å²) in [5.41, 5.74) is 8.86. The maximum Gasteiger partial charge on any atom is 0.257 e. The first kappa shape index (κ1) is 21.4. The highest BCUT2D eigenvalue weighted by atomic mass is 35.5. The summed E-state index contributed by atoms with van der Waals surface area (Å²) < 4.78 is 7.68. The number of halogens is 1. The number of rotatable bonds is 6. The third-order valence-corrected chi connectivity index (χ3v) is 4.94. The SMILES string of the molecule is Cc1nn(-c2ccccc2)c(C)c1C(=O)N1CCC(OCCCN)CC1.Cl. The summed E-state index contributed by atoms with van der Waals surface area (Å²) in [5, 5.41) is 4.59. The van der Waals surface area contributed by atoms with Gasteiger partial charge in [-0.2, -0.15) is 5.10 Å². The maximum absolute atomic E-state index is 13.1. The normalized spacial score (nSPS) is 14.9. The van der Waals surface area contributed by atoms with Gasteiger partial charge in [0.15, 0.2) is 0 Å². The molecule has 2 heterocycles. The first-order chi connectivity index (χ1) is 12.6. The Labute approximate surface area is 167 Å². The predicted octanol–water partition coefficient (Wildman–Crippen LogP) is 2.88. The number of para-hydroxylation sites is 1. The van der Waals surface area contributed by atoms with Gasteiger partial charge in [-0.15, -0.1) is 12.4 Å². The lowest BCUT2D eigenvalue weighted by Crippen LogP contribution is -2.41. The zero-order valence-corrected chi connectivity index (χ0v) is 16.9. The monoisotopic (exact) mass is 392 g/mol. The van der Waals surface area contributed by atoms with Crippen molar-refractivity contribution in [2.45, 2.75) is 39.2 Å². The van der Waals surface area contributed by atoms with Crippen LogP contribution in [0.25, 0.3) is 5.69 Å². The van der Waals surface area contributed by atoms with E-state index >= 15 is 0 Å². The van der Waals surface area contributed by atoms with Crippen molar-refractivity contribution in [3.05, 3.63) is 47.3 Å². The average molecular weight is 393 g/mol. The Morgan fingerprint density at radius 1 is 1.22 bits per heavy atom. The molecule has 1 aliphatic heterocycles. The van der Waals surface area contributed by atoms with Crippen molar-refractivity contribution in [2.75, 3.05) is 26.2 Å². The lowest BCUT2D eigenvalue weighted by molar-refractivity contribution is 0.00841. The smallest absolute Gasteiger partial charge is 0.257 e. The summed E-state index contributed by atoms with van der Waals surface area (Å²) in [7, 11) is 0. The number of nitrogens with two attached hydrogens (primary N) is 1. The Morgan fingerprint density at radius 2 is 1.89 bits per heavy atom. The predicted molar refractivity (Wildman–Crippen MR) is 109 cm³/mol. The molecule has 0 aliphatic carbocycles. The Morgan fingerprint density at radius 3 is 2.52 bits per heavy atom. The van der Waals surface area contributed by atoms with E-state index in [2.05, 4.69) is 5.10 Å². The molecule has 1 aliphatic rings. The van der Waals surface area contributed by atoms with Crippen LogP contribution in [-0.4, -0.2) is 52.9 Å². The fourth-order valence-corrected chi connectivity index (χ4v) is 3.49. The highest BCUT2D eigenvalue weighted by Crippen LogP contribution is 2.22. The number of piperidine rings is 1. The van der Waals surface area contributed by atoms with Gasteiger partial charge in [0.25, 0.3) is 5.91 Å². The summed E-state index contributed by atoms with van der Waals surface area (Å²) in [6.07, 6.45) is 2.87. The first-order valence-corrected chi connectivity index (χ1v) is 9.34. The first-order valence-electron chi connectivity index (χ1n) is 9.34. The molecule has 1 fully saturated rings. The highest BCUT2D eigenvalue weighted by molar-refractivity contribution is 5.96. The molecular formula is C20H29ClN4O2. The van der Waals surface area contributed by atoms with E-state index in [1.807, 2.05) is 53.8 Å². The standard InChI is InChI=1S/C20H28N4O2.ClH/c1-15-19(16(2)24(22-15)17-7-4-3-5-8-17)20(25)23-12-9-18(10-13-23)26-14-6-11-21;/h3-5,7-8,18H,6,9-14,21H2,1-2H3;1H. The van der Waals surface area contributed by atoms with Crippen LogP contribution in [0, 0.1) is 13.8 Å². The van der Waals surface area contributed by atoms with Crippen molar-refractivity contribution in [3.63, 3.8) is 0 Å². The Balaban J connectivity index is 0.00000261. The van der Waals surface area contributed by atoms with Crippen LogP contribution >= 0.6 is 12.4 Å². The number of aryl methyl sites for hydroxylation is 1. The molecule has 7 heteroatoms. The number of likely N-dealkylation sites (tertiary alicyclic amines) is 1. The molecule has 1 saturated heterocycles. The van der Waals surface area contributed by atoms with E-state index in [0.717, 1.165) is 55.0 Å². The molecule has 1 amide bonds. The molecule has 2 aromatic rings. The lowest BCUT2D eigenvalue weighted by atomic mass is 10.1. The van der Waals surface area contributed by atoms with E-state index in [-0.39, 0.29) is 24.4 Å². The third-order valence-electron chi connectivity index (χ3n) is 4.94.